The van der Waals surface area contributed by atoms with Crippen molar-refractivity contribution in [1.82, 2.24) is 14.8 Å². The zero-order valence-electron chi connectivity index (χ0n) is 13.7. The van der Waals surface area contributed by atoms with Crippen LogP contribution in [0.25, 0.3) is 10.7 Å². The van der Waals surface area contributed by atoms with Crippen molar-refractivity contribution in [3.8, 4) is 10.7 Å². The summed E-state index contributed by atoms with van der Waals surface area (Å²) in [5.74, 6) is -0.553. The molecule has 0 fully saturated rings. The number of rotatable bonds is 8. The number of nitrogens with zero attached hydrogens (tertiary/aromatic N) is 4. The molecule has 2 heterocycles. The van der Waals surface area contributed by atoms with Gasteiger partial charge in [-0.2, -0.15) is 0 Å². The van der Waals surface area contributed by atoms with Gasteiger partial charge in [0.15, 0.2) is 5.82 Å². The van der Waals surface area contributed by atoms with Gasteiger partial charge in [-0.25, -0.2) is 9.67 Å². The van der Waals surface area contributed by atoms with Crippen LogP contribution in [0.5, 0.6) is 0 Å². The van der Waals surface area contributed by atoms with Gasteiger partial charge >= 0.3 is 5.00 Å². The largest absolute Gasteiger partial charge is 0.365 e. The molecule has 2 N–H and O–H groups in total. The third-order valence-electron chi connectivity index (χ3n) is 3.12. The highest BCUT2D eigenvalue weighted by molar-refractivity contribution is 7.19. The lowest BCUT2D eigenvalue weighted by atomic mass is 10.3. The van der Waals surface area contributed by atoms with Gasteiger partial charge in [0, 0.05) is 14.7 Å². The molecule has 0 aliphatic heterocycles. The van der Waals surface area contributed by atoms with Gasteiger partial charge in [0.05, 0.1) is 9.80 Å². The maximum atomic E-state index is 11.3. The summed E-state index contributed by atoms with van der Waals surface area (Å²) in [5.41, 5.74) is 5.03. The van der Waals surface area contributed by atoms with Gasteiger partial charge < -0.3 is 10.5 Å². The van der Waals surface area contributed by atoms with Gasteiger partial charge in [-0.3, -0.25) is 14.9 Å². The van der Waals surface area contributed by atoms with Crippen molar-refractivity contribution in [3.63, 3.8) is 0 Å². The number of amides is 1. The van der Waals surface area contributed by atoms with Crippen molar-refractivity contribution in [2.24, 2.45) is 5.73 Å². The first-order valence-electron chi connectivity index (χ1n) is 7.23. The summed E-state index contributed by atoms with van der Waals surface area (Å²) < 4.78 is 7.08. The number of ether oxygens (including phenoxy) is 1. The van der Waals surface area contributed by atoms with Crippen LogP contribution in [0, 0.1) is 10.1 Å². The fraction of sp³-hybridized carbons (Fsp3) is 0.462. The quantitative estimate of drug-likeness (QED) is 0.329. The van der Waals surface area contributed by atoms with Crippen LogP contribution < -0.4 is 5.73 Å². The second-order valence-corrected chi connectivity index (χ2v) is 13.1. The highest BCUT2D eigenvalue weighted by atomic mass is 32.1. The van der Waals surface area contributed by atoms with Crippen molar-refractivity contribution in [3.05, 3.63) is 28.1 Å². The topological polar surface area (TPSA) is 126 Å². The first-order valence-corrected chi connectivity index (χ1v) is 11.8. The van der Waals surface area contributed by atoms with Crippen molar-refractivity contribution < 1.29 is 14.5 Å². The van der Waals surface area contributed by atoms with E-state index >= 15 is 0 Å². The molecule has 1 amide bonds. The highest BCUT2D eigenvalue weighted by Gasteiger charge is 2.25. The molecule has 2 aromatic heterocycles. The minimum atomic E-state index is -1.14. The number of aromatic nitrogens is 3. The Kier molecular flexibility index (Phi) is 5.46. The Labute approximate surface area is 143 Å². The zero-order chi connectivity index (χ0) is 17.9. The molecule has 2 rings (SSSR count). The molecule has 0 saturated heterocycles. The van der Waals surface area contributed by atoms with Crippen LogP contribution >= 0.6 is 11.3 Å². The van der Waals surface area contributed by atoms with E-state index in [4.69, 9.17) is 10.5 Å². The number of nitrogens with two attached hydrogens (primary N) is 1. The van der Waals surface area contributed by atoms with Gasteiger partial charge in [-0.15, -0.1) is 5.10 Å². The maximum Gasteiger partial charge on any atom is 0.337 e. The van der Waals surface area contributed by atoms with E-state index in [9.17, 15) is 14.9 Å². The number of nitro groups is 1. The summed E-state index contributed by atoms with van der Waals surface area (Å²) in [7, 11) is -1.14. The summed E-state index contributed by atoms with van der Waals surface area (Å²) in [6.45, 7) is 7.71. The molecule has 0 unspecified atom stereocenters. The average Bonchev–Trinajstić information content (AvgIpc) is 3.09. The van der Waals surface area contributed by atoms with E-state index in [0.717, 1.165) is 17.4 Å². The third kappa shape index (κ3) is 4.69. The minimum Gasteiger partial charge on any atom is -0.365 e. The normalized spacial score (nSPS) is 11.6. The number of primary amides is 1. The number of carbonyl (C=O) groups is 1. The van der Waals surface area contributed by atoms with Gasteiger partial charge in [0.2, 0.25) is 0 Å². The van der Waals surface area contributed by atoms with Crippen molar-refractivity contribution >= 4 is 30.3 Å². The van der Waals surface area contributed by atoms with Gasteiger partial charge in [-0.1, -0.05) is 31.0 Å². The summed E-state index contributed by atoms with van der Waals surface area (Å²) in [6, 6.07) is 2.39. The number of thiophene rings is 1. The fourth-order valence-electron chi connectivity index (χ4n) is 1.81. The molecule has 0 spiro atoms. The third-order valence-corrected chi connectivity index (χ3v) is 5.91. The van der Waals surface area contributed by atoms with Crippen LogP contribution in [0.4, 0.5) is 5.00 Å². The lowest BCUT2D eigenvalue weighted by molar-refractivity contribution is -0.380. The highest BCUT2D eigenvalue weighted by Crippen LogP contribution is 2.34. The standard InChI is InChI=1S/C13H19N5O4SSi/c1-24(2,3)5-4-22-8-17-7-15-12(16-17)10-6-9(11(14)19)13(23-10)18(20)21/h6-7H,4-5,8H2,1-3H3,(H2,14,19). The summed E-state index contributed by atoms with van der Waals surface area (Å²) in [6.07, 6.45) is 1.49. The molecule has 11 heteroatoms. The molecule has 24 heavy (non-hydrogen) atoms. The number of carbonyl (C=O) groups excluding carboxylic acids is 1. The van der Waals surface area contributed by atoms with Crippen LogP contribution in [0.1, 0.15) is 10.4 Å². The minimum absolute atomic E-state index is 0.136. The Bertz CT molecular complexity index is 720. The lowest BCUT2D eigenvalue weighted by Gasteiger charge is -2.15. The Morgan fingerprint density at radius 1 is 1.50 bits per heavy atom. The van der Waals surface area contributed by atoms with Crippen LogP contribution in [-0.4, -0.2) is 40.3 Å². The number of hydrogen-bond donors (Lipinski definition) is 1. The maximum absolute atomic E-state index is 11.3. The first-order chi connectivity index (χ1) is 11.2. The van der Waals surface area contributed by atoms with Gasteiger partial charge in [0.1, 0.15) is 18.6 Å². The predicted molar refractivity (Wildman–Crippen MR) is 92.6 cm³/mol. The zero-order valence-corrected chi connectivity index (χ0v) is 15.5. The van der Waals surface area contributed by atoms with E-state index < -0.39 is 18.9 Å². The van der Waals surface area contributed by atoms with E-state index in [1.54, 1.807) is 0 Å². The summed E-state index contributed by atoms with van der Waals surface area (Å²) >= 11 is 0.821. The van der Waals surface area contributed by atoms with Gasteiger partial charge in [0.25, 0.3) is 5.91 Å². The molecule has 0 radical (unpaired) electrons. The molecule has 0 atom stereocenters. The van der Waals surface area contributed by atoms with Crippen LogP contribution in [-0.2, 0) is 11.5 Å². The Morgan fingerprint density at radius 3 is 2.75 bits per heavy atom. The molecular weight excluding hydrogens is 350 g/mol. The molecule has 130 valence electrons. The SMILES string of the molecule is C[Si](C)(C)CCOCn1cnc(-c2cc(C(N)=O)c([N+](=O)[O-])s2)n1. The Morgan fingerprint density at radius 2 is 2.21 bits per heavy atom. The summed E-state index contributed by atoms with van der Waals surface area (Å²) in [4.78, 5) is 26.2. The molecule has 0 aliphatic carbocycles. The van der Waals surface area contributed by atoms with Crippen LogP contribution in [0.3, 0.4) is 0 Å². The van der Waals surface area contributed by atoms with E-state index in [2.05, 4.69) is 29.7 Å². The van der Waals surface area contributed by atoms with E-state index in [0.29, 0.717) is 17.3 Å². The molecule has 0 bridgehead atoms. The molecule has 0 aromatic carbocycles. The van der Waals surface area contributed by atoms with E-state index in [-0.39, 0.29) is 17.3 Å². The van der Waals surface area contributed by atoms with E-state index in [1.807, 2.05) is 0 Å². The lowest BCUT2D eigenvalue weighted by Crippen LogP contribution is -2.22. The number of hydrogen-bond acceptors (Lipinski definition) is 7. The van der Waals surface area contributed by atoms with Gasteiger partial charge in [-0.05, 0) is 12.1 Å². The monoisotopic (exact) mass is 369 g/mol. The molecular formula is C13H19N5O4SSi. The fourth-order valence-corrected chi connectivity index (χ4v) is 3.48. The second kappa shape index (κ2) is 7.19. The molecule has 0 aliphatic rings. The Hall–Kier alpha value is -2.11. The average molecular weight is 369 g/mol. The molecule has 2 aromatic rings. The first kappa shape index (κ1) is 18.2. The van der Waals surface area contributed by atoms with Crippen molar-refractivity contribution in [1.29, 1.82) is 0 Å². The second-order valence-electron chi connectivity index (χ2n) is 6.41. The molecule has 9 nitrogen and oxygen atoms in total. The van der Waals surface area contributed by atoms with E-state index in [1.165, 1.54) is 17.1 Å². The van der Waals surface area contributed by atoms with Crippen LogP contribution in [0.2, 0.25) is 25.7 Å². The summed E-state index contributed by atoms with van der Waals surface area (Å²) in [5, 5.41) is 14.9. The smallest absolute Gasteiger partial charge is 0.337 e. The predicted octanol–water partition coefficient (Wildman–Crippen LogP) is 2.33. The van der Waals surface area contributed by atoms with Crippen LogP contribution in [0.15, 0.2) is 12.4 Å². The Balaban J connectivity index is 2.06. The van der Waals surface area contributed by atoms with Crippen molar-refractivity contribution in [2.75, 3.05) is 6.61 Å². The van der Waals surface area contributed by atoms with Crippen molar-refractivity contribution in [2.45, 2.75) is 32.4 Å². The molecule has 0 saturated carbocycles.